The Balaban J connectivity index is 0.00000208. The molecule has 9 heteroatoms. The number of amides is 1. The van der Waals surface area contributed by atoms with Gasteiger partial charge in [0, 0.05) is 22.4 Å². The molecular formula is C15H17ClN4O2S2. The highest BCUT2D eigenvalue weighted by Gasteiger charge is 2.15. The van der Waals surface area contributed by atoms with Crippen LogP contribution in [0.1, 0.15) is 6.42 Å². The molecule has 0 bridgehead atoms. The molecule has 0 fully saturated rings. The smallest absolute Gasteiger partial charge is 0.263 e. The zero-order valence-electron chi connectivity index (χ0n) is 12.7. The molecule has 3 N–H and O–H groups in total. The van der Waals surface area contributed by atoms with E-state index in [1.165, 1.54) is 22.2 Å². The fourth-order valence-corrected chi connectivity index (χ4v) is 3.95. The number of hydrogen-bond acceptors (Lipinski definition) is 6. The van der Waals surface area contributed by atoms with Crippen molar-refractivity contribution in [1.82, 2.24) is 14.9 Å². The second kappa shape index (κ2) is 8.39. The van der Waals surface area contributed by atoms with Crippen LogP contribution in [0.4, 0.5) is 0 Å². The lowest BCUT2D eigenvalue weighted by atomic mass is 10.2. The van der Waals surface area contributed by atoms with Crippen molar-refractivity contribution in [3.05, 3.63) is 39.6 Å². The van der Waals surface area contributed by atoms with Gasteiger partial charge in [0.15, 0.2) is 0 Å². The van der Waals surface area contributed by atoms with E-state index >= 15 is 0 Å². The fraction of sp³-hybridized carbons (Fsp3) is 0.267. The molecule has 0 radical (unpaired) electrons. The number of carbonyl (C=O) groups excluding carboxylic acids is 1. The van der Waals surface area contributed by atoms with Crippen LogP contribution in [0.3, 0.4) is 0 Å². The van der Waals surface area contributed by atoms with Crippen molar-refractivity contribution in [2.24, 2.45) is 5.73 Å². The standard InChI is InChI=1S/C15H16N4O2S2.ClH/c16-4-2-5-17-12(20)7-19-9-18-14-13(15(19)21)10(8-23-14)11-3-1-6-22-11;/h1,3,6,8-9H,2,4-5,7,16H2,(H,17,20);1H. The number of rotatable bonds is 6. The van der Waals surface area contributed by atoms with E-state index in [-0.39, 0.29) is 30.4 Å². The Bertz CT molecular complexity index is 873. The van der Waals surface area contributed by atoms with Crippen LogP contribution in [0.15, 0.2) is 34.0 Å². The zero-order chi connectivity index (χ0) is 16.2. The minimum Gasteiger partial charge on any atom is -0.355 e. The first-order chi connectivity index (χ1) is 11.2. The van der Waals surface area contributed by atoms with Gasteiger partial charge in [-0.25, -0.2) is 4.98 Å². The van der Waals surface area contributed by atoms with E-state index in [1.807, 2.05) is 22.9 Å². The lowest BCUT2D eigenvalue weighted by Crippen LogP contribution is -2.33. The van der Waals surface area contributed by atoms with Gasteiger partial charge in [-0.1, -0.05) is 6.07 Å². The monoisotopic (exact) mass is 384 g/mol. The summed E-state index contributed by atoms with van der Waals surface area (Å²) < 4.78 is 1.35. The third-order valence-corrected chi connectivity index (χ3v) is 5.15. The van der Waals surface area contributed by atoms with Crippen LogP contribution in [0.25, 0.3) is 20.7 Å². The maximum Gasteiger partial charge on any atom is 0.263 e. The highest BCUT2D eigenvalue weighted by Crippen LogP contribution is 2.33. The SMILES string of the molecule is Cl.NCCCNC(=O)Cn1cnc2scc(-c3cccs3)c2c1=O. The maximum atomic E-state index is 12.7. The molecule has 0 unspecified atom stereocenters. The van der Waals surface area contributed by atoms with Gasteiger partial charge in [-0.3, -0.25) is 14.2 Å². The number of nitrogens with two attached hydrogens (primary N) is 1. The van der Waals surface area contributed by atoms with Crippen molar-refractivity contribution in [2.45, 2.75) is 13.0 Å². The Kier molecular flexibility index (Phi) is 6.50. The third-order valence-electron chi connectivity index (χ3n) is 3.36. The Labute approximate surface area is 152 Å². The van der Waals surface area contributed by atoms with Gasteiger partial charge in [-0.2, -0.15) is 0 Å². The van der Waals surface area contributed by atoms with Gasteiger partial charge in [-0.05, 0) is 24.4 Å². The van der Waals surface area contributed by atoms with Gasteiger partial charge in [0.05, 0.1) is 11.7 Å². The average molecular weight is 385 g/mol. The van der Waals surface area contributed by atoms with Gasteiger partial charge in [-0.15, -0.1) is 35.1 Å². The van der Waals surface area contributed by atoms with E-state index < -0.39 is 0 Å². The van der Waals surface area contributed by atoms with E-state index in [1.54, 1.807) is 11.3 Å². The molecule has 3 heterocycles. The van der Waals surface area contributed by atoms with Crippen molar-refractivity contribution in [1.29, 1.82) is 0 Å². The predicted molar refractivity (Wildman–Crippen MR) is 101 cm³/mol. The molecule has 0 aliphatic carbocycles. The first-order valence-electron chi connectivity index (χ1n) is 7.18. The number of hydrogen-bond donors (Lipinski definition) is 2. The summed E-state index contributed by atoms with van der Waals surface area (Å²) in [6.07, 6.45) is 2.15. The van der Waals surface area contributed by atoms with Crippen LogP contribution < -0.4 is 16.6 Å². The summed E-state index contributed by atoms with van der Waals surface area (Å²) in [6, 6.07) is 3.92. The number of carbonyl (C=O) groups is 1. The minimum atomic E-state index is -0.213. The Morgan fingerprint density at radius 1 is 1.38 bits per heavy atom. The Morgan fingerprint density at radius 3 is 2.92 bits per heavy atom. The first-order valence-corrected chi connectivity index (χ1v) is 8.94. The molecule has 3 aromatic heterocycles. The summed E-state index contributed by atoms with van der Waals surface area (Å²) in [6.45, 7) is 0.998. The minimum absolute atomic E-state index is 0. The van der Waals surface area contributed by atoms with E-state index in [2.05, 4.69) is 10.3 Å². The van der Waals surface area contributed by atoms with Crippen molar-refractivity contribution in [2.75, 3.05) is 13.1 Å². The lowest BCUT2D eigenvalue weighted by Gasteiger charge is -2.07. The summed E-state index contributed by atoms with van der Waals surface area (Å²) in [7, 11) is 0. The number of fused-ring (bicyclic) bond motifs is 1. The molecule has 6 nitrogen and oxygen atoms in total. The van der Waals surface area contributed by atoms with Crippen molar-refractivity contribution >= 4 is 51.2 Å². The molecule has 128 valence electrons. The molecule has 1 amide bonds. The molecule has 0 aliphatic rings. The fourth-order valence-electron chi connectivity index (χ4n) is 2.23. The highest BCUT2D eigenvalue weighted by molar-refractivity contribution is 7.18. The number of nitrogens with one attached hydrogen (secondary N) is 1. The quantitative estimate of drug-likeness (QED) is 0.636. The maximum absolute atomic E-state index is 12.7. The zero-order valence-corrected chi connectivity index (χ0v) is 15.2. The van der Waals surface area contributed by atoms with Crippen molar-refractivity contribution in [3.8, 4) is 10.4 Å². The summed E-state index contributed by atoms with van der Waals surface area (Å²) in [5.41, 5.74) is 6.09. The lowest BCUT2D eigenvalue weighted by molar-refractivity contribution is -0.121. The van der Waals surface area contributed by atoms with E-state index in [4.69, 9.17) is 5.73 Å². The van der Waals surface area contributed by atoms with Crippen LogP contribution in [0, 0.1) is 0 Å². The first kappa shape index (κ1) is 18.6. The van der Waals surface area contributed by atoms with Crippen LogP contribution in [0.2, 0.25) is 0 Å². The summed E-state index contributed by atoms with van der Waals surface area (Å²) >= 11 is 3.02. The van der Waals surface area contributed by atoms with E-state index in [9.17, 15) is 9.59 Å². The van der Waals surface area contributed by atoms with Crippen molar-refractivity contribution in [3.63, 3.8) is 0 Å². The summed E-state index contributed by atoms with van der Waals surface area (Å²) in [5.74, 6) is -0.213. The predicted octanol–water partition coefficient (Wildman–Crippen LogP) is 2.07. The highest BCUT2D eigenvalue weighted by atomic mass is 35.5. The summed E-state index contributed by atoms with van der Waals surface area (Å²) in [5, 5.41) is 7.23. The third kappa shape index (κ3) is 3.84. The van der Waals surface area contributed by atoms with Crippen LogP contribution >= 0.6 is 35.1 Å². The molecule has 3 rings (SSSR count). The largest absolute Gasteiger partial charge is 0.355 e. The molecule has 0 saturated carbocycles. The molecule has 0 spiro atoms. The van der Waals surface area contributed by atoms with Gasteiger partial charge < -0.3 is 11.1 Å². The van der Waals surface area contributed by atoms with Gasteiger partial charge >= 0.3 is 0 Å². The number of aromatic nitrogens is 2. The second-order valence-corrected chi connectivity index (χ2v) is 6.78. The number of thiophene rings is 2. The molecule has 0 aromatic carbocycles. The molecule has 0 saturated heterocycles. The summed E-state index contributed by atoms with van der Waals surface area (Å²) in [4.78, 5) is 30.6. The van der Waals surface area contributed by atoms with Gasteiger partial charge in [0.25, 0.3) is 5.56 Å². The van der Waals surface area contributed by atoms with E-state index in [0.29, 0.717) is 29.7 Å². The molecule has 0 aliphatic heterocycles. The molecular weight excluding hydrogens is 368 g/mol. The Morgan fingerprint density at radius 2 is 2.21 bits per heavy atom. The number of halogens is 1. The van der Waals surface area contributed by atoms with Crippen LogP contribution in [-0.4, -0.2) is 28.5 Å². The number of nitrogens with zero attached hydrogens (tertiary/aromatic N) is 2. The normalized spacial score (nSPS) is 10.5. The van der Waals surface area contributed by atoms with Crippen LogP contribution in [0.5, 0.6) is 0 Å². The molecule has 3 aromatic rings. The second-order valence-electron chi connectivity index (χ2n) is 4.98. The van der Waals surface area contributed by atoms with Crippen LogP contribution in [-0.2, 0) is 11.3 Å². The van der Waals surface area contributed by atoms with Crippen molar-refractivity contribution < 1.29 is 4.79 Å². The molecule has 0 atom stereocenters. The average Bonchev–Trinajstić information content (AvgIpc) is 3.19. The van der Waals surface area contributed by atoms with Gasteiger partial charge in [0.1, 0.15) is 11.4 Å². The topological polar surface area (TPSA) is 90.0 Å². The Hall–Kier alpha value is -1.74. The molecule has 24 heavy (non-hydrogen) atoms. The van der Waals surface area contributed by atoms with Gasteiger partial charge in [0.2, 0.25) is 5.91 Å². The van der Waals surface area contributed by atoms with E-state index in [0.717, 1.165) is 10.4 Å².